The van der Waals surface area contributed by atoms with Gasteiger partial charge in [-0.2, -0.15) is 5.26 Å². The molecule has 1 aliphatic carbocycles. The third-order valence-electron chi connectivity index (χ3n) is 4.38. The molecule has 108 valence electrons. The molecule has 0 atom stereocenters. The molecule has 4 heteroatoms. The van der Waals surface area contributed by atoms with Crippen LogP contribution in [0.2, 0.25) is 0 Å². The fourth-order valence-electron chi connectivity index (χ4n) is 3.23. The van der Waals surface area contributed by atoms with Gasteiger partial charge < -0.3 is 15.2 Å². The van der Waals surface area contributed by atoms with E-state index in [1.54, 1.807) is 20.3 Å². The molecule has 2 rings (SSSR count). The first-order valence-corrected chi connectivity index (χ1v) is 7.07. The smallest absolute Gasteiger partial charge is 0.164 e. The standard InChI is InChI=1S/C16H22N2O2/c1-19-14-9-12(10-17)8-13(15(14)20-2)16(11-18)6-4-3-5-7-16/h8-9H,3-7,11,18H2,1-2H3. The molecule has 1 saturated carbocycles. The van der Waals surface area contributed by atoms with Gasteiger partial charge in [-0.15, -0.1) is 0 Å². The molecule has 0 heterocycles. The lowest BCUT2D eigenvalue weighted by Crippen LogP contribution is -2.37. The molecule has 0 unspecified atom stereocenters. The number of nitriles is 1. The van der Waals surface area contributed by atoms with Crippen molar-refractivity contribution in [3.8, 4) is 17.6 Å². The molecule has 0 spiro atoms. The molecule has 0 aromatic heterocycles. The summed E-state index contributed by atoms with van der Waals surface area (Å²) in [6.07, 6.45) is 5.66. The van der Waals surface area contributed by atoms with E-state index in [2.05, 4.69) is 6.07 Å². The minimum Gasteiger partial charge on any atom is -0.493 e. The minimum absolute atomic E-state index is 0.0935. The van der Waals surface area contributed by atoms with E-state index in [1.165, 1.54) is 19.3 Å². The molecular formula is C16H22N2O2. The first kappa shape index (κ1) is 14.7. The van der Waals surface area contributed by atoms with Crippen LogP contribution in [-0.2, 0) is 5.41 Å². The summed E-state index contributed by atoms with van der Waals surface area (Å²) in [6, 6.07) is 5.83. The van der Waals surface area contributed by atoms with Crippen molar-refractivity contribution in [3.05, 3.63) is 23.3 Å². The molecule has 0 radical (unpaired) electrons. The zero-order valence-electron chi connectivity index (χ0n) is 12.2. The van der Waals surface area contributed by atoms with E-state index in [0.29, 0.717) is 17.9 Å². The van der Waals surface area contributed by atoms with Gasteiger partial charge in [-0.05, 0) is 18.9 Å². The fraction of sp³-hybridized carbons (Fsp3) is 0.562. The molecule has 1 aromatic carbocycles. The van der Waals surface area contributed by atoms with Crippen molar-refractivity contribution >= 4 is 0 Å². The van der Waals surface area contributed by atoms with Gasteiger partial charge in [0.15, 0.2) is 11.5 Å². The molecule has 0 aliphatic heterocycles. The third kappa shape index (κ3) is 2.46. The predicted molar refractivity (Wildman–Crippen MR) is 78.1 cm³/mol. The lowest BCUT2D eigenvalue weighted by Gasteiger charge is -2.38. The van der Waals surface area contributed by atoms with Gasteiger partial charge in [-0.3, -0.25) is 0 Å². The summed E-state index contributed by atoms with van der Waals surface area (Å²) in [7, 11) is 3.24. The van der Waals surface area contributed by atoms with E-state index in [4.69, 9.17) is 15.2 Å². The van der Waals surface area contributed by atoms with Crippen LogP contribution >= 0.6 is 0 Å². The van der Waals surface area contributed by atoms with Crippen LogP contribution in [0.5, 0.6) is 11.5 Å². The maximum atomic E-state index is 9.22. The molecule has 2 N–H and O–H groups in total. The second kappa shape index (κ2) is 6.15. The van der Waals surface area contributed by atoms with E-state index >= 15 is 0 Å². The molecule has 1 fully saturated rings. The summed E-state index contributed by atoms with van der Waals surface area (Å²) in [5.74, 6) is 1.33. The second-order valence-corrected chi connectivity index (χ2v) is 5.42. The average molecular weight is 274 g/mol. The molecular weight excluding hydrogens is 252 g/mol. The highest BCUT2D eigenvalue weighted by molar-refractivity contribution is 5.55. The van der Waals surface area contributed by atoms with Crippen LogP contribution in [0.4, 0.5) is 0 Å². The summed E-state index contributed by atoms with van der Waals surface area (Å²) in [4.78, 5) is 0. The van der Waals surface area contributed by atoms with Crippen LogP contribution in [0.1, 0.15) is 43.2 Å². The molecule has 1 aliphatic rings. The van der Waals surface area contributed by atoms with Gasteiger partial charge in [0.25, 0.3) is 0 Å². The topological polar surface area (TPSA) is 68.3 Å². The number of methoxy groups -OCH3 is 2. The Balaban J connectivity index is 2.61. The Hall–Kier alpha value is -1.73. The fourth-order valence-corrected chi connectivity index (χ4v) is 3.23. The Morgan fingerprint density at radius 3 is 2.40 bits per heavy atom. The summed E-state index contributed by atoms with van der Waals surface area (Å²) in [5.41, 5.74) is 7.62. The van der Waals surface area contributed by atoms with Crippen molar-refractivity contribution in [2.24, 2.45) is 5.73 Å². The maximum absolute atomic E-state index is 9.22. The lowest BCUT2D eigenvalue weighted by molar-refractivity contribution is 0.281. The average Bonchev–Trinajstić information content (AvgIpc) is 2.53. The van der Waals surface area contributed by atoms with Crippen molar-refractivity contribution in [2.75, 3.05) is 20.8 Å². The van der Waals surface area contributed by atoms with Gasteiger partial charge in [0.1, 0.15) is 0 Å². The summed E-state index contributed by atoms with van der Waals surface area (Å²) < 4.78 is 10.9. The predicted octanol–water partition coefficient (Wildman–Crippen LogP) is 2.74. The number of rotatable bonds is 4. The SMILES string of the molecule is COc1cc(C#N)cc(C2(CN)CCCCC2)c1OC. The van der Waals surface area contributed by atoms with E-state index in [-0.39, 0.29) is 5.41 Å². The largest absolute Gasteiger partial charge is 0.493 e. The van der Waals surface area contributed by atoms with Gasteiger partial charge in [0, 0.05) is 23.6 Å². The van der Waals surface area contributed by atoms with Crippen molar-refractivity contribution in [2.45, 2.75) is 37.5 Å². The highest BCUT2D eigenvalue weighted by atomic mass is 16.5. The highest BCUT2D eigenvalue weighted by Gasteiger charge is 2.36. The first-order valence-electron chi connectivity index (χ1n) is 7.07. The monoisotopic (exact) mass is 274 g/mol. The molecule has 1 aromatic rings. The lowest BCUT2D eigenvalue weighted by atomic mass is 9.69. The molecule has 0 bridgehead atoms. The summed E-state index contributed by atoms with van der Waals surface area (Å²) in [5, 5.41) is 9.22. The molecule has 4 nitrogen and oxygen atoms in total. The van der Waals surface area contributed by atoms with Crippen LogP contribution in [0.3, 0.4) is 0 Å². The molecule has 20 heavy (non-hydrogen) atoms. The normalized spacial score (nSPS) is 17.3. The highest BCUT2D eigenvalue weighted by Crippen LogP contribution is 2.46. The van der Waals surface area contributed by atoms with Gasteiger partial charge in [0.2, 0.25) is 0 Å². The maximum Gasteiger partial charge on any atom is 0.164 e. The third-order valence-corrected chi connectivity index (χ3v) is 4.38. The number of hydrogen-bond donors (Lipinski definition) is 1. The van der Waals surface area contributed by atoms with Gasteiger partial charge >= 0.3 is 0 Å². The van der Waals surface area contributed by atoms with Crippen molar-refractivity contribution < 1.29 is 9.47 Å². The zero-order valence-corrected chi connectivity index (χ0v) is 12.2. The number of nitrogens with zero attached hydrogens (tertiary/aromatic N) is 1. The Bertz CT molecular complexity index is 514. The van der Waals surface area contributed by atoms with Gasteiger partial charge in [0.05, 0.1) is 25.9 Å². The van der Waals surface area contributed by atoms with Crippen LogP contribution < -0.4 is 15.2 Å². The molecule has 0 amide bonds. The van der Waals surface area contributed by atoms with E-state index in [9.17, 15) is 5.26 Å². The zero-order chi connectivity index (χ0) is 14.6. The number of ether oxygens (including phenoxy) is 2. The minimum atomic E-state index is -0.0935. The summed E-state index contributed by atoms with van der Waals surface area (Å²) in [6.45, 7) is 0.571. The van der Waals surface area contributed by atoms with Crippen LogP contribution in [0, 0.1) is 11.3 Å². The van der Waals surface area contributed by atoms with Gasteiger partial charge in [-0.25, -0.2) is 0 Å². The van der Waals surface area contributed by atoms with E-state index in [0.717, 1.165) is 24.2 Å². The van der Waals surface area contributed by atoms with Crippen molar-refractivity contribution in [3.63, 3.8) is 0 Å². The molecule has 0 saturated heterocycles. The first-order chi connectivity index (χ1) is 9.70. The van der Waals surface area contributed by atoms with E-state index < -0.39 is 0 Å². The Morgan fingerprint density at radius 1 is 1.20 bits per heavy atom. The van der Waals surface area contributed by atoms with E-state index in [1.807, 2.05) is 6.07 Å². The Labute approximate surface area is 120 Å². The number of benzene rings is 1. The van der Waals surface area contributed by atoms with Gasteiger partial charge in [-0.1, -0.05) is 19.3 Å². The quantitative estimate of drug-likeness (QED) is 0.916. The number of nitrogens with two attached hydrogens (primary N) is 1. The number of hydrogen-bond acceptors (Lipinski definition) is 4. The van der Waals surface area contributed by atoms with Crippen molar-refractivity contribution in [1.82, 2.24) is 0 Å². The summed E-state index contributed by atoms with van der Waals surface area (Å²) >= 11 is 0. The Morgan fingerprint density at radius 2 is 1.90 bits per heavy atom. The van der Waals surface area contributed by atoms with Crippen LogP contribution in [0.25, 0.3) is 0 Å². The van der Waals surface area contributed by atoms with Crippen LogP contribution in [-0.4, -0.2) is 20.8 Å². The Kier molecular flexibility index (Phi) is 4.51. The second-order valence-electron chi connectivity index (χ2n) is 5.42. The van der Waals surface area contributed by atoms with Crippen molar-refractivity contribution in [1.29, 1.82) is 5.26 Å². The van der Waals surface area contributed by atoms with Crippen LogP contribution in [0.15, 0.2) is 12.1 Å².